The molecule has 2 rings (SSSR count). The fraction of sp³-hybridized carbons (Fsp3) is 0.800. The third-order valence-corrected chi connectivity index (χ3v) is 5.23. The first kappa shape index (κ1) is 18.7. The Balaban J connectivity index is 1.64. The van der Waals surface area contributed by atoms with Crippen molar-refractivity contribution in [2.24, 2.45) is 5.92 Å². The summed E-state index contributed by atoms with van der Waals surface area (Å²) in [6.45, 7) is 7.51. The van der Waals surface area contributed by atoms with Gasteiger partial charge in [0.25, 0.3) is 0 Å². The summed E-state index contributed by atoms with van der Waals surface area (Å²) >= 11 is 0. The lowest BCUT2D eigenvalue weighted by molar-refractivity contribution is 0.0394. The van der Waals surface area contributed by atoms with Crippen molar-refractivity contribution < 1.29 is 14.2 Å². The third-order valence-electron chi connectivity index (χ3n) is 5.23. The molecule has 0 aromatic heterocycles. The maximum atomic E-state index is 5.84. The van der Waals surface area contributed by atoms with Crippen LogP contribution in [0, 0.1) is 5.92 Å². The number of methoxy groups -OCH3 is 1. The maximum Gasteiger partial charge on any atom is 0.0892 e. The highest BCUT2D eigenvalue weighted by atomic mass is 16.6. The fourth-order valence-electron chi connectivity index (χ4n) is 3.60. The summed E-state index contributed by atoms with van der Waals surface area (Å²) in [4.78, 5) is 0. The lowest BCUT2D eigenvalue weighted by Crippen LogP contribution is -2.25. The van der Waals surface area contributed by atoms with Crippen LogP contribution in [-0.4, -0.2) is 38.1 Å². The van der Waals surface area contributed by atoms with E-state index in [1.165, 1.54) is 24.8 Å². The molecule has 3 nitrogen and oxygen atoms in total. The lowest BCUT2D eigenvalue weighted by Gasteiger charge is -2.23. The van der Waals surface area contributed by atoms with Crippen LogP contribution >= 0.6 is 0 Å². The molecule has 5 unspecified atom stereocenters. The van der Waals surface area contributed by atoms with Crippen LogP contribution in [0.25, 0.3) is 0 Å². The lowest BCUT2D eigenvalue weighted by atomic mass is 9.95. The molecule has 23 heavy (non-hydrogen) atoms. The minimum Gasteiger partial charge on any atom is -0.381 e. The SMILES string of the molecule is CCC(OC)C(C)C1OC1CC/C=C/C=C(\C)C1CCCCO1. The standard InChI is InChI=1S/C20H34O3/c1-5-17(21-4)16(3)20-19(23-20)13-8-6-7-11-15(2)18-12-9-10-14-22-18/h6-7,11,16-20H,5,8-10,12-14H2,1-4H3/b7-6+,15-11+. The molecule has 0 bridgehead atoms. The fourth-order valence-corrected chi connectivity index (χ4v) is 3.60. The Labute approximate surface area is 142 Å². The average molecular weight is 322 g/mol. The molecule has 2 saturated heterocycles. The van der Waals surface area contributed by atoms with Gasteiger partial charge in [0.2, 0.25) is 0 Å². The zero-order valence-electron chi connectivity index (χ0n) is 15.3. The number of allylic oxidation sites excluding steroid dienone is 3. The minimum atomic E-state index is 0.321. The van der Waals surface area contributed by atoms with Crippen LogP contribution in [0.2, 0.25) is 0 Å². The molecule has 0 saturated carbocycles. The largest absolute Gasteiger partial charge is 0.381 e. The molecule has 0 aromatic carbocycles. The van der Waals surface area contributed by atoms with Crippen molar-refractivity contribution >= 4 is 0 Å². The van der Waals surface area contributed by atoms with Gasteiger partial charge in [0.15, 0.2) is 0 Å². The summed E-state index contributed by atoms with van der Waals surface area (Å²) < 4.78 is 17.2. The normalized spacial score (nSPS) is 31.3. The highest BCUT2D eigenvalue weighted by Crippen LogP contribution is 2.35. The van der Waals surface area contributed by atoms with Crippen LogP contribution < -0.4 is 0 Å². The van der Waals surface area contributed by atoms with E-state index in [2.05, 4.69) is 39.0 Å². The van der Waals surface area contributed by atoms with Gasteiger partial charge in [-0.05, 0) is 51.0 Å². The monoisotopic (exact) mass is 322 g/mol. The van der Waals surface area contributed by atoms with Crippen molar-refractivity contribution in [2.45, 2.75) is 83.7 Å². The van der Waals surface area contributed by atoms with Crippen molar-refractivity contribution in [3.63, 3.8) is 0 Å². The molecule has 0 aliphatic carbocycles. The summed E-state index contributed by atoms with van der Waals surface area (Å²) in [6.07, 6.45) is 15.0. The molecule has 2 aliphatic rings. The van der Waals surface area contributed by atoms with Crippen molar-refractivity contribution in [1.29, 1.82) is 0 Å². The van der Waals surface area contributed by atoms with Crippen molar-refractivity contribution in [3.8, 4) is 0 Å². The Kier molecular flexibility index (Phi) is 7.81. The Hall–Kier alpha value is -0.640. The van der Waals surface area contributed by atoms with E-state index >= 15 is 0 Å². The van der Waals surface area contributed by atoms with E-state index in [0.29, 0.717) is 30.3 Å². The molecular weight excluding hydrogens is 288 g/mol. The summed E-state index contributed by atoms with van der Waals surface area (Å²) in [5.74, 6) is 0.490. The minimum absolute atomic E-state index is 0.321. The molecule has 0 aromatic rings. The van der Waals surface area contributed by atoms with Gasteiger partial charge in [-0.2, -0.15) is 0 Å². The van der Waals surface area contributed by atoms with Gasteiger partial charge in [0.05, 0.1) is 24.4 Å². The van der Waals surface area contributed by atoms with Crippen LogP contribution in [-0.2, 0) is 14.2 Å². The Morgan fingerprint density at radius 1 is 1.35 bits per heavy atom. The van der Waals surface area contributed by atoms with Gasteiger partial charge in [-0.25, -0.2) is 0 Å². The van der Waals surface area contributed by atoms with Crippen LogP contribution in [0.3, 0.4) is 0 Å². The zero-order chi connectivity index (χ0) is 16.7. The van der Waals surface area contributed by atoms with Gasteiger partial charge >= 0.3 is 0 Å². The van der Waals surface area contributed by atoms with Gasteiger partial charge in [0, 0.05) is 19.6 Å². The topological polar surface area (TPSA) is 31.0 Å². The zero-order valence-corrected chi connectivity index (χ0v) is 15.3. The van der Waals surface area contributed by atoms with E-state index in [1.54, 1.807) is 7.11 Å². The summed E-state index contributed by atoms with van der Waals surface area (Å²) in [6, 6.07) is 0. The Bertz CT molecular complexity index is 392. The molecule has 0 N–H and O–H groups in total. The molecular formula is C20H34O3. The van der Waals surface area contributed by atoms with E-state index in [0.717, 1.165) is 25.9 Å². The van der Waals surface area contributed by atoms with Crippen LogP contribution in [0.5, 0.6) is 0 Å². The highest BCUT2D eigenvalue weighted by molar-refractivity contribution is 5.15. The summed E-state index contributed by atoms with van der Waals surface area (Å²) in [5.41, 5.74) is 1.35. The molecule has 3 heteroatoms. The number of epoxide rings is 1. The molecule has 0 spiro atoms. The number of rotatable bonds is 9. The maximum absolute atomic E-state index is 5.84. The number of ether oxygens (including phenoxy) is 3. The first-order valence-electron chi connectivity index (χ1n) is 9.30. The van der Waals surface area contributed by atoms with E-state index in [1.807, 2.05) is 0 Å². The second-order valence-corrected chi connectivity index (χ2v) is 6.95. The Morgan fingerprint density at radius 2 is 2.17 bits per heavy atom. The predicted molar refractivity (Wildman–Crippen MR) is 94.6 cm³/mol. The molecule has 2 fully saturated rings. The molecule has 0 amide bonds. The second-order valence-electron chi connectivity index (χ2n) is 6.95. The van der Waals surface area contributed by atoms with Gasteiger partial charge in [0.1, 0.15) is 0 Å². The van der Waals surface area contributed by atoms with Gasteiger partial charge in [-0.1, -0.05) is 32.1 Å². The van der Waals surface area contributed by atoms with Crippen molar-refractivity contribution in [1.82, 2.24) is 0 Å². The quantitative estimate of drug-likeness (QED) is 0.457. The molecule has 132 valence electrons. The van der Waals surface area contributed by atoms with Crippen LogP contribution in [0.1, 0.15) is 59.3 Å². The Morgan fingerprint density at radius 3 is 2.83 bits per heavy atom. The van der Waals surface area contributed by atoms with Gasteiger partial charge in [-0.15, -0.1) is 0 Å². The van der Waals surface area contributed by atoms with Gasteiger partial charge < -0.3 is 14.2 Å². The molecule has 5 atom stereocenters. The molecule has 2 heterocycles. The third kappa shape index (κ3) is 5.74. The smallest absolute Gasteiger partial charge is 0.0892 e. The molecule has 0 radical (unpaired) electrons. The van der Waals surface area contributed by atoms with E-state index in [-0.39, 0.29) is 0 Å². The predicted octanol–water partition coefficient (Wildman–Crippen LogP) is 4.67. The highest BCUT2D eigenvalue weighted by Gasteiger charge is 2.44. The molecule has 2 aliphatic heterocycles. The number of hydrogen-bond donors (Lipinski definition) is 0. The van der Waals surface area contributed by atoms with E-state index < -0.39 is 0 Å². The summed E-state index contributed by atoms with van der Waals surface area (Å²) in [5, 5.41) is 0. The number of hydrogen-bond acceptors (Lipinski definition) is 3. The summed E-state index contributed by atoms with van der Waals surface area (Å²) in [7, 11) is 1.80. The van der Waals surface area contributed by atoms with Crippen molar-refractivity contribution in [2.75, 3.05) is 13.7 Å². The first-order valence-corrected chi connectivity index (χ1v) is 9.30. The van der Waals surface area contributed by atoms with Crippen LogP contribution in [0.4, 0.5) is 0 Å². The first-order chi connectivity index (χ1) is 11.2. The van der Waals surface area contributed by atoms with E-state index in [4.69, 9.17) is 14.2 Å². The van der Waals surface area contributed by atoms with Crippen LogP contribution in [0.15, 0.2) is 23.8 Å². The average Bonchev–Trinajstić information content (AvgIpc) is 3.35. The van der Waals surface area contributed by atoms with Crippen molar-refractivity contribution in [3.05, 3.63) is 23.8 Å². The van der Waals surface area contributed by atoms with Gasteiger partial charge in [-0.3, -0.25) is 0 Å². The second kappa shape index (κ2) is 9.61. The van der Waals surface area contributed by atoms with E-state index in [9.17, 15) is 0 Å².